The second kappa shape index (κ2) is 4.08. The van der Waals surface area contributed by atoms with Gasteiger partial charge in [0.05, 0.1) is 5.69 Å². The molecule has 0 aliphatic carbocycles. The van der Waals surface area contributed by atoms with Gasteiger partial charge < -0.3 is 5.73 Å². The molecule has 0 saturated heterocycles. The van der Waals surface area contributed by atoms with E-state index in [4.69, 9.17) is 5.73 Å². The lowest BCUT2D eigenvalue weighted by Gasteiger charge is -2.09. The van der Waals surface area contributed by atoms with Gasteiger partial charge in [-0.3, -0.25) is 4.57 Å². The Balaban J connectivity index is 2.63. The summed E-state index contributed by atoms with van der Waals surface area (Å²) in [6.07, 6.45) is 0. The SMILES string of the molecule is Cc1cc(-n2c(C)nc(C)c2I)ccc1N. The van der Waals surface area contributed by atoms with E-state index in [2.05, 4.69) is 38.2 Å². The van der Waals surface area contributed by atoms with Gasteiger partial charge in [0.25, 0.3) is 0 Å². The van der Waals surface area contributed by atoms with Crippen molar-refractivity contribution in [2.75, 3.05) is 5.73 Å². The molecule has 1 heterocycles. The van der Waals surface area contributed by atoms with E-state index >= 15 is 0 Å². The van der Waals surface area contributed by atoms with Gasteiger partial charge in [0, 0.05) is 11.4 Å². The summed E-state index contributed by atoms with van der Waals surface area (Å²) < 4.78 is 3.29. The summed E-state index contributed by atoms with van der Waals surface area (Å²) in [5, 5.41) is 0. The van der Waals surface area contributed by atoms with Crippen molar-refractivity contribution in [2.24, 2.45) is 0 Å². The molecule has 0 saturated carbocycles. The number of anilines is 1. The van der Waals surface area contributed by atoms with Crippen LogP contribution in [0.1, 0.15) is 17.1 Å². The van der Waals surface area contributed by atoms with Gasteiger partial charge in [0.1, 0.15) is 9.53 Å². The van der Waals surface area contributed by atoms with E-state index in [1.807, 2.05) is 32.9 Å². The highest BCUT2D eigenvalue weighted by atomic mass is 127. The van der Waals surface area contributed by atoms with Crippen LogP contribution in [0.2, 0.25) is 0 Å². The molecular weight excluding hydrogens is 313 g/mol. The first-order valence-corrected chi connectivity index (χ1v) is 6.16. The van der Waals surface area contributed by atoms with Crippen molar-refractivity contribution in [1.29, 1.82) is 0 Å². The number of aromatic nitrogens is 2. The standard InChI is InChI=1S/C12H14IN3/c1-7-6-10(4-5-11(7)14)16-9(3)15-8(2)12(16)13/h4-6H,14H2,1-3H3. The van der Waals surface area contributed by atoms with E-state index in [1.54, 1.807) is 0 Å². The Hall–Kier alpha value is -1.04. The van der Waals surface area contributed by atoms with E-state index in [1.165, 1.54) is 0 Å². The van der Waals surface area contributed by atoms with Crippen LogP contribution < -0.4 is 5.73 Å². The predicted molar refractivity (Wildman–Crippen MR) is 74.9 cm³/mol. The molecule has 84 valence electrons. The van der Waals surface area contributed by atoms with Crippen molar-refractivity contribution in [3.8, 4) is 5.69 Å². The van der Waals surface area contributed by atoms with Gasteiger partial charge in [0.2, 0.25) is 0 Å². The molecule has 0 spiro atoms. The Labute approximate surface area is 109 Å². The number of hydrogen-bond acceptors (Lipinski definition) is 2. The molecular formula is C12H14IN3. The third-order valence-electron chi connectivity index (χ3n) is 2.66. The van der Waals surface area contributed by atoms with Gasteiger partial charge in [-0.2, -0.15) is 0 Å². The summed E-state index contributed by atoms with van der Waals surface area (Å²) in [4.78, 5) is 4.46. The number of hydrogen-bond donors (Lipinski definition) is 1. The van der Waals surface area contributed by atoms with Crippen molar-refractivity contribution >= 4 is 28.3 Å². The molecule has 0 unspecified atom stereocenters. The van der Waals surface area contributed by atoms with Gasteiger partial charge in [-0.25, -0.2) is 4.98 Å². The van der Waals surface area contributed by atoms with E-state index < -0.39 is 0 Å². The first kappa shape index (κ1) is 11.4. The molecule has 0 aliphatic rings. The minimum atomic E-state index is 0.827. The summed E-state index contributed by atoms with van der Waals surface area (Å²) >= 11 is 2.32. The third-order valence-corrected chi connectivity index (χ3v) is 3.92. The van der Waals surface area contributed by atoms with Crippen LogP contribution in [0.4, 0.5) is 5.69 Å². The van der Waals surface area contributed by atoms with Crippen molar-refractivity contribution in [3.05, 3.63) is 39.0 Å². The number of nitrogen functional groups attached to an aromatic ring is 1. The number of nitrogens with two attached hydrogens (primary N) is 1. The topological polar surface area (TPSA) is 43.8 Å². The molecule has 0 radical (unpaired) electrons. The normalized spacial score (nSPS) is 10.8. The van der Waals surface area contributed by atoms with E-state index in [9.17, 15) is 0 Å². The molecule has 4 heteroatoms. The van der Waals surface area contributed by atoms with Gasteiger partial charge >= 0.3 is 0 Å². The van der Waals surface area contributed by atoms with Crippen molar-refractivity contribution in [2.45, 2.75) is 20.8 Å². The fraction of sp³-hybridized carbons (Fsp3) is 0.250. The molecule has 2 aromatic rings. The Bertz CT molecular complexity index is 543. The average molecular weight is 327 g/mol. The lowest BCUT2D eigenvalue weighted by Crippen LogP contribution is -2.01. The number of rotatable bonds is 1. The molecule has 1 aromatic heterocycles. The lowest BCUT2D eigenvalue weighted by molar-refractivity contribution is 0.953. The van der Waals surface area contributed by atoms with E-state index in [-0.39, 0.29) is 0 Å². The third kappa shape index (κ3) is 1.81. The number of benzene rings is 1. The average Bonchev–Trinajstić information content (AvgIpc) is 2.47. The molecule has 0 fully saturated rings. The summed E-state index contributed by atoms with van der Waals surface area (Å²) in [6.45, 7) is 6.06. The van der Waals surface area contributed by atoms with Crippen LogP contribution >= 0.6 is 22.6 Å². The highest BCUT2D eigenvalue weighted by molar-refractivity contribution is 14.1. The quantitative estimate of drug-likeness (QED) is 0.646. The van der Waals surface area contributed by atoms with Crippen LogP contribution in [-0.2, 0) is 0 Å². The predicted octanol–water partition coefficient (Wildman–Crippen LogP) is 2.98. The Morgan fingerprint density at radius 1 is 1.25 bits per heavy atom. The fourth-order valence-corrected chi connectivity index (χ4v) is 2.49. The molecule has 0 atom stereocenters. The minimum Gasteiger partial charge on any atom is -0.399 e. The highest BCUT2D eigenvalue weighted by Crippen LogP contribution is 2.22. The van der Waals surface area contributed by atoms with Gasteiger partial charge in [-0.05, 0) is 67.1 Å². The summed E-state index contributed by atoms with van der Waals surface area (Å²) in [6, 6.07) is 6.06. The van der Waals surface area contributed by atoms with Crippen molar-refractivity contribution in [3.63, 3.8) is 0 Å². The Morgan fingerprint density at radius 2 is 1.94 bits per heavy atom. The number of halogens is 1. The second-order valence-electron chi connectivity index (χ2n) is 3.91. The molecule has 3 nitrogen and oxygen atoms in total. The molecule has 0 amide bonds. The lowest BCUT2D eigenvalue weighted by atomic mass is 10.2. The summed E-state index contributed by atoms with van der Waals surface area (Å²) in [5.74, 6) is 1.01. The molecule has 2 N–H and O–H groups in total. The molecule has 0 aliphatic heterocycles. The van der Waals surface area contributed by atoms with E-state index in [0.717, 1.165) is 32.2 Å². The number of imidazole rings is 1. The molecule has 2 rings (SSSR count). The molecule has 1 aromatic carbocycles. The van der Waals surface area contributed by atoms with Crippen LogP contribution in [-0.4, -0.2) is 9.55 Å². The first-order chi connectivity index (χ1) is 7.50. The number of nitrogens with zero attached hydrogens (tertiary/aromatic N) is 2. The zero-order chi connectivity index (χ0) is 11.9. The van der Waals surface area contributed by atoms with Crippen LogP contribution in [0, 0.1) is 24.5 Å². The Kier molecular flexibility index (Phi) is 2.92. The summed E-state index contributed by atoms with van der Waals surface area (Å²) in [7, 11) is 0. The van der Waals surface area contributed by atoms with Crippen LogP contribution in [0.3, 0.4) is 0 Å². The van der Waals surface area contributed by atoms with Gasteiger partial charge in [0.15, 0.2) is 0 Å². The Morgan fingerprint density at radius 3 is 2.44 bits per heavy atom. The second-order valence-corrected chi connectivity index (χ2v) is 4.93. The van der Waals surface area contributed by atoms with Gasteiger partial charge in [-0.1, -0.05) is 0 Å². The molecule has 16 heavy (non-hydrogen) atoms. The smallest absolute Gasteiger partial charge is 0.111 e. The first-order valence-electron chi connectivity index (χ1n) is 5.08. The van der Waals surface area contributed by atoms with E-state index in [0.29, 0.717) is 0 Å². The fourth-order valence-electron chi connectivity index (χ4n) is 1.74. The van der Waals surface area contributed by atoms with Gasteiger partial charge in [-0.15, -0.1) is 0 Å². The largest absolute Gasteiger partial charge is 0.399 e. The maximum Gasteiger partial charge on any atom is 0.111 e. The van der Waals surface area contributed by atoms with Crippen molar-refractivity contribution in [1.82, 2.24) is 9.55 Å². The maximum atomic E-state index is 5.82. The highest BCUT2D eigenvalue weighted by Gasteiger charge is 2.10. The van der Waals surface area contributed by atoms with Crippen LogP contribution in [0.25, 0.3) is 5.69 Å². The zero-order valence-corrected chi connectivity index (χ0v) is 11.7. The minimum absolute atomic E-state index is 0.827. The molecule has 0 bridgehead atoms. The van der Waals surface area contributed by atoms with Crippen LogP contribution in [0.5, 0.6) is 0 Å². The van der Waals surface area contributed by atoms with Crippen molar-refractivity contribution < 1.29 is 0 Å². The summed E-state index contributed by atoms with van der Waals surface area (Å²) in [5.41, 5.74) is 9.93. The monoisotopic (exact) mass is 327 g/mol. The maximum absolute atomic E-state index is 5.82. The van der Waals surface area contributed by atoms with Crippen LogP contribution in [0.15, 0.2) is 18.2 Å². The number of aryl methyl sites for hydroxylation is 3. The zero-order valence-electron chi connectivity index (χ0n) is 9.58.